The quantitative estimate of drug-likeness (QED) is 0.0681. The average molecular weight is 939 g/mol. The van der Waals surface area contributed by atoms with E-state index >= 15 is 0 Å². The largest absolute Gasteiger partial charge is 0.487 e. The number of benzene rings is 2. The molecule has 4 aromatic rings. The van der Waals surface area contributed by atoms with Gasteiger partial charge in [0.15, 0.2) is 11.5 Å². The third kappa shape index (κ3) is 10.8. The summed E-state index contributed by atoms with van der Waals surface area (Å²) in [4.78, 5) is 73.3. The van der Waals surface area contributed by atoms with E-state index < -0.39 is 24.3 Å². The van der Waals surface area contributed by atoms with Gasteiger partial charge in [-0.25, -0.2) is 19.6 Å². The normalized spacial score (nSPS) is 19.5. The molecule has 2 saturated carbocycles. The second-order valence-electron chi connectivity index (χ2n) is 18.1. The lowest BCUT2D eigenvalue weighted by Gasteiger charge is -2.31. The van der Waals surface area contributed by atoms with Gasteiger partial charge in [-0.3, -0.25) is 9.59 Å². The molecule has 2 saturated heterocycles. The van der Waals surface area contributed by atoms with E-state index in [9.17, 15) is 19.2 Å². The molecule has 8 rings (SSSR count). The Labute approximate surface area is 397 Å². The molecule has 0 bridgehead atoms. The van der Waals surface area contributed by atoms with Crippen molar-refractivity contribution in [2.45, 2.75) is 101 Å². The molecule has 4 atom stereocenters. The number of nitrogens with one attached hydrogen (secondary N) is 4. The molecule has 2 aromatic heterocycles. The molecule has 2 aliphatic carbocycles. The summed E-state index contributed by atoms with van der Waals surface area (Å²) in [6, 6.07) is 10.2. The molecule has 2 aromatic carbocycles. The third-order valence-electron chi connectivity index (χ3n) is 14.1. The van der Waals surface area contributed by atoms with Crippen LogP contribution in [-0.4, -0.2) is 134 Å². The Kier molecular flexibility index (Phi) is 16.2. The highest BCUT2D eigenvalue weighted by Gasteiger charge is 2.42. The van der Waals surface area contributed by atoms with Crippen LogP contribution in [0.5, 0.6) is 11.5 Å². The zero-order valence-corrected chi connectivity index (χ0v) is 39.7. The van der Waals surface area contributed by atoms with Crippen LogP contribution in [0.25, 0.3) is 33.6 Å². The minimum absolute atomic E-state index is 0.0528. The lowest BCUT2D eigenvalue weighted by molar-refractivity contribution is -0.136. The number of likely N-dealkylation sites (tertiary alicyclic amines) is 2. The van der Waals surface area contributed by atoms with E-state index in [-0.39, 0.29) is 48.9 Å². The fourth-order valence-electron chi connectivity index (χ4n) is 10.6. The molecular weight excluding hydrogens is 873 g/mol. The third-order valence-corrected chi connectivity index (χ3v) is 14.1. The molecule has 4 heterocycles. The molecule has 366 valence electrons. The van der Waals surface area contributed by atoms with E-state index in [0.29, 0.717) is 55.1 Å². The van der Waals surface area contributed by atoms with Crippen molar-refractivity contribution in [3.8, 4) is 45.1 Å². The number of imidazole rings is 2. The number of carbonyl (C=O) groups excluding carboxylic acids is 4. The fourth-order valence-corrected chi connectivity index (χ4v) is 10.6. The number of carbonyl (C=O) groups is 4. The number of H-pyrrole nitrogens is 2. The minimum atomic E-state index is -0.663. The van der Waals surface area contributed by atoms with E-state index in [1.807, 2.05) is 46.2 Å². The van der Waals surface area contributed by atoms with Crippen LogP contribution in [0.3, 0.4) is 0 Å². The van der Waals surface area contributed by atoms with Gasteiger partial charge in [0.05, 0.1) is 63.3 Å². The molecule has 68 heavy (non-hydrogen) atoms. The molecule has 0 spiro atoms. The van der Waals surface area contributed by atoms with Gasteiger partial charge in [0.25, 0.3) is 0 Å². The summed E-state index contributed by atoms with van der Waals surface area (Å²) in [7, 11) is 5.88. The number of hydrogen-bond donors (Lipinski definition) is 4. The predicted molar refractivity (Wildman–Crippen MR) is 252 cm³/mol. The maximum Gasteiger partial charge on any atom is 0.407 e. The predicted octanol–water partition coefficient (Wildman–Crippen LogP) is 7.34. The van der Waals surface area contributed by atoms with E-state index in [0.717, 1.165) is 105 Å². The monoisotopic (exact) mass is 938 g/mol. The topological polar surface area (TPSA) is 212 Å². The van der Waals surface area contributed by atoms with E-state index in [1.54, 1.807) is 26.6 Å². The number of alkyl carbamates (subject to hydrolysis) is 2. The van der Waals surface area contributed by atoms with Gasteiger partial charge in [0, 0.05) is 38.4 Å². The summed E-state index contributed by atoms with van der Waals surface area (Å²) in [5, 5.41) is 5.69. The second-order valence-corrected chi connectivity index (χ2v) is 18.1. The van der Waals surface area contributed by atoms with Gasteiger partial charge in [-0.1, -0.05) is 49.9 Å². The molecule has 2 aliphatic heterocycles. The smallest absolute Gasteiger partial charge is 0.407 e. The Morgan fingerprint density at radius 3 is 1.50 bits per heavy atom. The standard InChI is InChI=1S/C50H66N8O10/c1-63-25-27-67-43-35(31-17-19-32(20-18-31)37-29-51-45(53-37)39-15-9-23-57(39)47(59)41(55-49(61)65-3)33-11-5-6-12-33)21-22-36(44(43)68-28-26-64-2)38-30-52-46(54-38)40-16-10-24-58(40)48(60)42(56-50(62)66-4)34-13-7-8-14-34/h17-22,29-30,33-34,39-42H,5-16,23-28H2,1-4H3,(H,51,53)(H,52,54)(H,55,61)(H,56,62)/t39-,40-,41-,42-/m0/s1. The number of amides is 4. The van der Waals surface area contributed by atoms with Gasteiger partial charge < -0.3 is 58.8 Å². The van der Waals surface area contributed by atoms with Gasteiger partial charge in [0.2, 0.25) is 11.8 Å². The van der Waals surface area contributed by atoms with Crippen LogP contribution in [0.1, 0.15) is 101 Å². The molecule has 0 radical (unpaired) electrons. The van der Waals surface area contributed by atoms with Crippen LogP contribution in [0, 0.1) is 11.8 Å². The maximum atomic E-state index is 14.2. The number of rotatable bonds is 19. The Balaban J connectivity index is 1.04. The van der Waals surface area contributed by atoms with Crippen molar-refractivity contribution >= 4 is 24.0 Å². The van der Waals surface area contributed by atoms with E-state index in [1.165, 1.54) is 14.2 Å². The van der Waals surface area contributed by atoms with Crippen molar-refractivity contribution < 1.29 is 47.6 Å². The molecule has 4 N–H and O–H groups in total. The highest BCUT2D eigenvalue weighted by atomic mass is 16.6. The van der Waals surface area contributed by atoms with Crippen molar-refractivity contribution in [1.29, 1.82) is 0 Å². The van der Waals surface area contributed by atoms with Crippen molar-refractivity contribution in [2.24, 2.45) is 11.8 Å². The summed E-state index contributed by atoms with van der Waals surface area (Å²) in [6.07, 6.45) is 13.1. The number of methoxy groups -OCH3 is 4. The molecular formula is C50H66N8O10. The van der Waals surface area contributed by atoms with Crippen LogP contribution in [0.4, 0.5) is 9.59 Å². The number of aromatic nitrogens is 4. The number of hydrogen-bond acceptors (Lipinski definition) is 12. The second kappa shape index (κ2) is 22.8. The number of ether oxygens (including phenoxy) is 6. The van der Waals surface area contributed by atoms with Crippen molar-refractivity contribution in [3.05, 3.63) is 60.4 Å². The Bertz CT molecular complexity index is 2340. The van der Waals surface area contributed by atoms with Crippen LogP contribution >= 0.6 is 0 Å². The zero-order valence-electron chi connectivity index (χ0n) is 39.7. The molecule has 4 amide bonds. The Morgan fingerprint density at radius 2 is 1.01 bits per heavy atom. The molecule has 18 nitrogen and oxygen atoms in total. The fraction of sp³-hybridized carbons (Fsp3) is 0.560. The number of nitrogens with zero attached hydrogens (tertiary/aromatic N) is 4. The van der Waals surface area contributed by atoms with Crippen LogP contribution in [0.15, 0.2) is 48.8 Å². The average Bonchev–Trinajstić information content (AvgIpc) is 4.22. The lowest BCUT2D eigenvalue weighted by Crippen LogP contribution is -2.51. The Morgan fingerprint density at radius 1 is 0.574 bits per heavy atom. The highest BCUT2D eigenvalue weighted by molar-refractivity contribution is 5.88. The first-order valence-electron chi connectivity index (χ1n) is 24.1. The number of aromatic amines is 2. The maximum absolute atomic E-state index is 14.2. The summed E-state index contributed by atoms with van der Waals surface area (Å²) >= 11 is 0. The summed E-state index contributed by atoms with van der Waals surface area (Å²) < 4.78 is 33.6. The van der Waals surface area contributed by atoms with Crippen molar-refractivity contribution in [3.63, 3.8) is 0 Å². The van der Waals surface area contributed by atoms with Gasteiger partial charge in [-0.15, -0.1) is 0 Å². The van der Waals surface area contributed by atoms with Crippen LogP contribution in [-0.2, 0) is 28.5 Å². The van der Waals surface area contributed by atoms with Crippen molar-refractivity contribution in [2.75, 3.05) is 68.0 Å². The summed E-state index contributed by atoms with van der Waals surface area (Å²) in [6.45, 7) is 2.35. The summed E-state index contributed by atoms with van der Waals surface area (Å²) in [5.74, 6) is 2.31. The molecule has 4 aliphatic rings. The van der Waals surface area contributed by atoms with Gasteiger partial charge in [-0.2, -0.15) is 0 Å². The first-order valence-corrected chi connectivity index (χ1v) is 24.1. The summed E-state index contributed by atoms with van der Waals surface area (Å²) in [5.41, 5.74) is 4.82. The van der Waals surface area contributed by atoms with Gasteiger partial charge in [-0.05, 0) is 86.5 Å². The van der Waals surface area contributed by atoms with E-state index in [2.05, 4.69) is 20.6 Å². The van der Waals surface area contributed by atoms with Crippen LogP contribution < -0.4 is 20.1 Å². The minimum Gasteiger partial charge on any atom is -0.487 e. The highest BCUT2D eigenvalue weighted by Crippen LogP contribution is 2.46. The van der Waals surface area contributed by atoms with Crippen LogP contribution in [0.2, 0.25) is 0 Å². The van der Waals surface area contributed by atoms with E-state index in [4.69, 9.17) is 38.4 Å². The lowest BCUT2D eigenvalue weighted by atomic mass is 9.96. The van der Waals surface area contributed by atoms with Gasteiger partial charge in [0.1, 0.15) is 36.9 Å². The first kappa shape index (κ1) is 48.3. The zero-order chi connectivity index (χ0) is 47.6. The SMILES string of the molecule is COCCOc1c(-c2ccc(-c3cnc([C@@H]4CCCN4C(=O)[C@@H](NC(=O)OC)C4CCCC4)[nH]3)cc2)ccc(-c2cnc([C@@H]3CCCN3C(=O)[C@@H](NC(=O)OC)C3CCCC3)[nH]2)c1OCCOC. The molecule has 4 fully saturated rings. The Hall–Kier alpha value is -6.14. The molecule has 18 heteroatoms. The van der Waals surface area contributed by atoms with Gasteiger partial charge >= 0.3 is 12.2 Å². The van der Waals surface area contributed by atoms with Crippen molar-refractivity contribution in [1.82, 2.24) is 40.4 Å². The first-order chi connectivity index (χ1) is 33.2. The molecule has 0 unspecified atom stereocenters.